The average Bonchev–Trinajstić information content (AvgIpc) is 2.61. The molecule has 0 amide bonds. The van der Waals surface area contributed by atoms with Crippen LogP contribution in [0.2, 0.25) is 5.02 Å². The number of hydrogen-bond acceptors (Lipinski definition) is 5. The Morgan fingerprint density at radius 1 is 1.22 bits per heavy atom. The molecule has 2 N–H and O–H groups in total. The maximum atomic E-state index is 9.10. The largest absolute Gasteiger partial charge is 0.490 e. The van der Waals surface area contributed by atoms with Crippen LogP contribution in [0.15, 0.2) is 18.2 Å². The molecule has 7 nitrogen and oxygen atoms in total. The summed E-state index contributed by atoms with van der Waals surface area (Å²) in [7, 11) is 0. The molecule has 1 aliphatic rings. The van der Waals surface area contributed by atoms with Gasteiger partial charge in [0, 0.05) is 13.1 Å². The lowest BCUT2D eigenvalue weighted by Gasteiger charge is -2.30. The highest BCUT2D eigenvalue weighted by molar-refractivity contribution is 6.32. The summed E-state index contributed by atoms with van der Waals surface area (Å²) in [5, 5.41) is 15.4. The number of ether oxygens (including phenoxy) is 2. The second-order valence-electron chi connectivity index (χ2n) is 6.55. The Balaban J connectivity index is 0.000000527. The number of carbonyl (C=O) groups is 2. The fourth-order valence-corrected chi connectivity index (χ4v) is 2.89. The Bertz CT molecular complexity index is 598. The smallest absolute Gasteiger partial charge is 0.414 e. The molecule has 1 heterocycles. The zero-order valence-electron chi connectivity index (χ0n) is 15.8. The van der Waals surface area contributed by atoms with E-state index in [4.69, 9.17) is 40.9 Å². The van der Waals surface area contributed by atoms with E-state index in [0.717, 1.165) is 30.4 Å². The number of carboxylic acid groups (broad SMARTS) is 2. The second kappa shape index (κ2) is 12.5. The molecule has 1 aliphatic heterocycles. The van der Waals surface area contributed by atoms with E-state index in [1.807, 2.05) is 25.1 Å². The van der Waals surface area contributed by atoms with Crippen LogP contribution in [0.4, 0.5) is 0 Å². The Hall–Kier alpha value is -1.83. The standard InChI is InChI=1S/C17H26ClNO2.C2H2O4/c1-14-5-6-16(18)17(12-14)21-11-10-20-9-8-19-7-3-4-15(2)13-19;3-1(4)2(5)6/h5-6,12,15H,3-4,7-11,13H2,1-2H3;(H,3,4)(H,5,6). The first-order valence-corrected chi connectivity index (χ1v) is 9.32. The average molecular weight is 402 g/mol. The molecule has 1 unspecified atom stereocenters. The van der Waals surface area contributed by atoms with E-state index in [2.05, 4.69) is 11.8 Å². The zero-order valence-corrected chi connectivity index (χ0v) is 16.6. The molecule has 27 heavy (non-hydrogen) atoms. The number of benzene rings is 1. The quantitative estimate of drug-likeness (QED) is 0.535. The third-order valence-electron chi connectivity index (χ3n) is 4.05. The van der Waals surface area contributed by atoms with E-state index in [1.165, 1.54) is 25.9 Å². The predicted octanol–water partition coefficient (Wildman–Crippen LogP) is 2.93. The number of nitrogens with zero attached hydrogens (tertiary/aromatic N) is 1. The number of carboxylic acids is 2. The summed E-state index contributed by atoms with van der Waals surface area (Å²) in [6.07, 6.45) is 2.68. The molecular weight excluding hydrogens is 374 g/mol. The van der Waals surface area contributed by atoms with E-state index in [1.54, 1.807) is 0 Å². The van der Waals surface area contributed by atoms with Crippen molar-refractivity contribution in [3.8, 4) is 5.75 Å². The minimum Gasteiger partial charge on any atom is -0.490 e. The van der Waals surface area contributed by atoms with Gasteiger partial charge in [0.1, 0.15) is 12.4 Å². The summed E-state index contributed by atoms with van der Waals surface area (Å²) in [6, 6.07) is 5.80. The van der Waals surface area contributed by atoms with Crippen molar-refractivity contribution in [3.63, 3.8) is 0 Å². The monoisotopic (exact) mass is 401 g/mol. The van der Waals surface area contributed by atoms with Gasteiger partial charge in [-0.1, -0.05) is 24.6 Å². The van der Waals surface area contributed by atoms with Gasteiger partial charge in [0.2, 0.25) is 0 Å². The van der Waals surface area contributed by atoms with Crippen LogP contribution in [0.5, 0.6) is 5.75 Å². The van der Waals surface area contributed by atoms with Gasteiger partial charge in [-0.3, -0.25) is 0 Å². The number of aliphatic carboxylic acids is 2. The number of piperidine rings is 1. The first kappa shape index (κ1) is 23.2. The minimum atomic E-state index is -1.82. The fraction of sp³-hybridized carbons (Fsp3) is 0.579. The molecule has 1 atom stereocenters. The van der Waals surface area contributed by atoms with Crippen LogP contribution in [-0.2, 0) is 14.3 Å². The number of likely N-dealkylation sites (tertiary alicyclic amines) is 1. The molecule has 0 aromatic heterocycles. The molecule has 8 heteroatoms. The van der Waals surface area contributed by atoms with Crippen LogP contribution in [0.1, 0.15) is 25.3 Å². The molecule has 0 aliphatic carbocycles. The fourth-order valence-electron chi connectivity index (χ4n) is 2.72. The topological polar surface area (TPSA) is 96.3 Å². The maximum absolute atomic E-state index is 9.10. The van der Waals surface area contributed by atoms with Gasteiger partial charge >= 0.3 is 11.9 Å². The Labute approximate surface area is 164 Å². The van der Waals surface area contributed by atoms with Crippen molar-refractivity contribution >= 4 is 23.5 Å². The summed E-state index contributed by atoms with van der Waals surface area (Å²) in [6.45, 7) is 9.72. The van der Waals surface area contributed by atoms with E-state index >= 15 is 0 Å². The molecule has 0 saturated carbocycles. The third kappa shape index (κ3) is 10.2. The second-order valence-corrected chi connectivity index (χ2v) is 6.96. The molecular formula is C19H28ClNO6. The number of aryl methyl sites for hydroxylation is 1. The Kier molecular flexibility index (Phi) is 10.8. The third-order valence-corrected chi connectivity index (χ3v) is 4.36. The molecule has 1 saturated heterocycles. The molecule has 1 fully saturated rings. The highest BCUT2D eigenvalue weighted by atomic mass is 35.5. The number of halogens is 1. The van der Waals surface area contributed by atoms with Gasteiger partial charge in [0.05, 0.1) is 18.2 Å². The number of hydrogen-bond donors (Lipinski definition) is 2. The molecule has 0 bridgehead atoms. The lowest BCUT2D eigenvalue weighted by Crippen LogP contribution is -2.36. The Morgan fingerprint density at radius 3 is 2.56 bits per heavy atom. The van der Waals surface area contributed by atoms with Crippen LogP contribution in [0.25, 0.3) is 0 Å². The van der Waals surface area contributed by atoms with Crippen molar-refractivity contribution in [2.75, 3.05) is 39.5 Å². The van der Waals surface area contributed by atoms with E-state index in [0.29, 0.717) is 18.2 Å². The van der Waals surface area contributed by atoms with Gasteiger partial charge in [-0.25, -0.2) is 9.59 Å². The van der Waals surface area contributed by atoms with Crippen molar-refractivity contribution in [2.24, 2.45) is 5.92 Å². The normalized spacial score (nSPS) is 16.9. The molecule has 1 aromatic rings. The van der Waals surface area contributed by atoms with Crippen molar-refractivity contribution in [3.05, 3.63) is 28.8 Å². The van der Waals surface area contributed by atoms with E-state index in [-0.39, 0.29) is 0 Å². The van der Waals surface area contributed by atoms with Gasteiger partial charge in [0.15, 0.2) is 0 Å². The molecule has 0 spiro atoms. The Morgan fingerprint density at radius 2 is 1.93 bits per heavy atom. The predicted molar refractivity (Wildman–Crippen MR) is 103 cm³/mol. The van der Waals surface area contributed by atoms with E-state index in [9.17, 15) is 0 Å². The van der Waals surface area contributed by atoms with Crippen LogP contribution in [0, 0.1) is 12.8 Å². The van der Waals surface area contributed by atoms with E-state index < -0.39 is 11.9 Å². The summed E-state index contributed by atoms with van der Waals surface area (Å²) < 4.78 is 11.3. The lowest BCUT2D eigenvalue weighted by molar-refractivity contribution is -0.159. The van der Waals surface area contributed by atoms with Crippen LogP contribution >= 0.6 is 11.6 Å². The van der Waals surface area contributed by atoms with Crippen molar-refractivity contribution in [1.82, 2.24) is 4.90 Å². The van der Waals surface area contributed by atoms with Gasteiger partial charge < -0.3 is 24.6 Å². The first-order chi connectivity index (χ1) is 12.8. The van der Waals surface area contributed by atoms with Crippen molar-refractivity contribution in [1.29, 1.82) is 0 Å². The van der Waals surface area contributed by atoms with Gasteiger partial charge in [0.25, 0.3) is 0 Å². The van der Waals surface area contributed by atoms with Crippen molar-refractivity contribution in [2.45, 2.75) is 26.7 Å². The lowest BCUT2D eigenvalue weighted by atomic mass is 10.0. The van der Waals surface area contributed by atoms with Gasteiger partial charge in [-0.2, -0.15) is 0 Å². The van der Waals surface area contributed by atoms with Gasteiger partial charge in [-0.15, -0.1) is 0 Å². The highest BCUT2D eigenvalue weighted by Gasteiger charge is 2.15. The first-order valence-electron chi connectivity index (χ1n) is 8.95. The van der Waals surface area contributed by atoms with Crippen LogP contribution in [0.3, 0.4) is 0 Å². The highest BCUT2D eigenvalue weighted by Crippen LogP contribution is 2.25. The summed E-state index contributed by atoms with van der Waals surface area (Å²) in [5.41, 5.74) is 1.15. The minimum absolute atomic E-state index is 0.541. The molecule has 2 rings (SSSR count). The number of rotatable bonds is 7. The molecule has 152 valence electrons. The maximum Gasteiger partial charge on any atom is 0.414 e. The summed E-state index contributed by atoms with van der Waals surface area (Å²) in [4.78, 5) is 20.7. The summed E-state index contributed by atoms with van der Waals surface area (Å²) >= 11 is 6.08. The zero-order chi connectivity index (χ0) is 20.2. The SMILES string of the molecule is Cc1ccc(Cl)c(OCCOCCN2CCCC(C)C2)c1.O=C(O)C(=O)O. The van der Waals surface area contributed by atoms with Crippen molar-refractivity contribution < 1.29 is 29.3 Å². The molecule has 0 radical (unpaired) electrons. The molecule has 1 aromatic carbocycles. The van der Waals surface area contributed by atoms with Gasteiger partial charge in [-0.05, 0) is 49.9 Å². The van der Waals surface area contributed by atoms with Crippen LogP contribution < -0.4 is 4.74 Å². The summed E-state index contributed by atoms with van der Waals surface area (Å²) in [5.74, 6) is -2.08. The van der Waals surface area contributed by atoms with Crippen LogP contribution in [-0.4, -0.2) is 66.5 Å².